The number of hydrogen-bond acceptors (Lipinski definition) is 5. The molecule has 0 radical (unpaired) electrons. The van der Waals surface area contributed by atoms with E-state index in [9.17, 15) is 4.79 Å². The lowest BCUT2D eigenvalue weighted by Crippen LogP contribution is -2.38. The van der Waals surface area contributed by atoms with Gasteiger partial charge >= 0.3 is 0 Å². The fourth-order valence-corrected chi connectivity index (χ4v) is 2.52. The highest BCUT2D eigenvalue weighted by Crippen LogP contribution is 2.22. The van der Waals surface area contributed by atoms with Gasteiger partial charge in [-0.3, -0.25) is 4.79 Å². The summed E-state index contributed by atoms with van der Waals surface area (Å²) in [5.74, 6) is 0.724. The van der Waals surface area contributed by atoms with Crippen LogP contribution in [0.25, 0.3) is 11.1 Å². The van der Waals surface area contributed by atoms with Crippen LogP contribution in [0.3, 0.4) is 0 Å². The highest BCUT2D eigenvalue weighted by molar-refractivity contribution is 5.85. The number of nitrogens with zero attached hydrogens (tertiary/aromatic N) is 4. The number of carbonyl (C=O) groups excluding carboxylic acids is 1. The summed E-state index contributed by atoms with van der Waals surface area (Å²) in [5, 5.41) is 0. The first-order chi connectivity index (χ1) is 11.2. The molecule has 2 heterocycles. The first kappa shape index (κ1) is 21.2. The highest BCUT2D eigenvalue weighted by atomic mass is 35.5. The summed E-state index contributed by atoms with van der Waals surface area (Å²) in [6.07, 6.45) is 4.92. The summed E-state index contributed by atoms with van der Waals surface area (Å²) in [7, 11) is 1.76. The van der Waals surface area contributed by atoms with E-state index in [0.29, 0.717) is 6.54 Å². The molecule has 1 aliphatic rings. The molecule has 8 heteroatoms. The van der Waals surface area contributed by atoms with Crippen molar-refractivity contribution >= 4 is 36.7 Å². The fourth-order valence-electron chi connectivity index (χ4n) is 2.52. The third kappa shape index (κ3) is 5.04. The lowest BCUT2D eigenvalue weighted by atomic mass is 10.1. The highest BCUT2D eigenvalue weighted by Gasteiger charge is 2.16. The van der Waals surface area contributed by atoms with Crippen molar-refractivity contribution in [2.45, 2.75) is 13.0 Å². The van der Waals surface area contributed by atoms with Gasteiger partial charge in [0.1, 0.15) is 0 Å². The topological polar surface area (TPSA) is 75.4 Å². The molecule has 1 aliphatic heterocycles. The maximum absolute atomic E-state index is 11.6. The van der Waals surface area contributed by atoms with Gasteiger partial charge in [0.05, 0.1) is 6.54 Å². The summed E-state index contributed by atoms with van der Waals surface area (Å²) in [6, 6.07) is 8.06. The van der Waals surface area contributed by atoms with Crippen molar-refractivity contribution in [3.63, 3.8) is 0 Å². The Morgan fingerprint density at radius 3 is 2.44 bits per heavy atom. The standard InChI is InChI=1S/C17H21N5O.2ClH/c1-21(16(23)9-18)12-13-4-2-5-14(8-13)15-10-19-17(20-11-15)22-6-3-7-22;;/h2,4-5,8,10-11H,3,6-7,9,12,18H2,1H3;2*1H. The number of nitrogens with two attached hydrogens (primary N) is 1. The van der Waals surface area contributed by atoms with Crippen LogP contribution in [0.5, 0.6) is 0 Å². The van der Waals surface area contributed by atoms with E-state index in [1.54, 1.807) is 11.9 Å². The van der Waals surface area contributed by atoms with Crippen molar-refractivity contribution < 1.29 is 4.79 Å². The third-order valence-corrected chi connectivity index (χ3v) is 4.06. The molecule has 0 unspecified atom stereocenters. The molecule has 1 saturated heterocycles. The zero-order chi connectivity index (χ0) is 16.2. The number of likely N-dealkylation sites (N-methyl/N-ethyl adjacent to an activating group) is 1. The molecular weight excluding hydrogens is 361 g/mol. The van der Waals surface area contributed by atoms with E-state index in [0.717, 1.165) is 35.7 Å². The summed E-state index contributed by atoms with van der Waals surface area (Å²) in [5.41, 5.74) is 8.47. The molecule has 2 aromatic rings. The van der Waals surface area contributed by atoms with E-state index in [2.05, 4.69) is 20.9 Å². The molecule has 0 atom stereocenters. The van der Waals surface area contributed by atoms with Crippen LogP contribution in [0.4, 0.5) is 5.95 Å². The molecular formula is C17H23Cl2N5O. The van der Waals surface area contributed by atoms with Gasteiger partial charge in [-0.1, -0.05) is 18.2 Å². The normalized spacial score (nSPS) is 12.5. The number of benzene rings is 1. The van der Waals surface area contributed by atoms with E-state index in [-0.39, 0.29) is 37.3 Å². The van der Waals surface area contributed by atoms with Crippen molar-refractivity contribution in [2.75, 3.05) is 31.6 Å². The number of anilines is 1. The molecule has 2 N–H and O–H groups in total. The van der Waals surface area contributed by atoms with Gasteiger partial charge in [0, 0.05) is 44.6 Å². The molecule has 0 spiro atoms. The second-order valence-electron chi connectivity index (χ2n) is 5.77. The summed E-state index contributed by atoms with van der Waals surface area (Å²) in [6.45, 7) is 2.64. The van der Waals surface area contributed by atoms with Crippen LogP contribution in [-0.2, 0) is 11.3 Å². The summed E-state index contributed by atoms with van der Waals surface area (Å²) < 4.78 is 0. The number of halogens is 2. The minimum Gasteiger partial charge on any atom is -0.341 e. The van der Waals surface area contributed by atoms with Gasteiger partial charge in [-0.2, -0.15) is 0 Å². The molecule has 25 heavy (non-hydrogen) atoms. The Morgan fingerprint density at radius 2 is 1.88 bits per heavy atom. The number of rotatable bonds is 5. The molecule has 0 bridgehead atoms. The van der Waals surface area contributed by atoms with Gasteiger partial charge < -0.3 is 15.5 Å². The van der Waals surface area contributed by atoms with Crippen molar-refractivity contribution in [1.29, 1.82) is 0 Å². The predicted octanol–water partition coefficient (Wildman–Crippen LogP) is 2.11. The van der Waals surface area contributed by atoms with Gasteiger partial charge in [-0.15, -0.1) is 24.8 Å². The first-order valence-electron chi connectivity index (χ1n) is 7.77. The predicted molar refractivity (Wildman–Crippen MR) is 104 cm³/mol. The number of amides is 1. The Balaban J connectivity index is 0.00000156. The monoisotopic (exact) mass is 383 g/mol. The first-order valence-corrected chi connectivity index (χ1v) is 7.77. The maximum Gasteiger partial charge on any atom is 0.236 e. The molecule has 0 aliphatic carbocycles. The smallest absolute Gasteiger partial charge is 0.236 e. The van der Waals surface area contributed by atoms with Crippen molar-refractivity contribution in [2.24, 2.45) is 5.73 Å². The lowest BCUT2D eigenvalue weighted by Gasteiger charge is -2.30. The second kappa shape index (κ2) is 9.56. The van der Waals surface area contributed by atoms with Crippen LogP contribution in [0.2, 0.25) is 0 Å². The Labute approximate surface area is 160 Å². The van der Waals surface area contributed by atoms with E-state index in [4.69, 9.17) is 5.73 Å². The van der Waals surface area contributed by atoms with E-state index >= 15 is 0 Å². The van der Waals surface area contributed by atoms with Crippen LogP contribution < -0.4 is 10.6 Å². The number of hydrogen-bond donors (Lipinski definition) is 1. The SMILES string of the molecule is CN(Cc1cccc(-c2cnc(N3CCC3)nc2)c1)C(=O)CN.Cl.Cl. The lowest BCUT2D eigenvalue weighted by molar-refractivity contribution is -0.128. The number of carbonyl (C=O) groups is 1. The van der Waals surface area contributed by atoms with Crippen molar-refractivity contribution in [1.82, 2.24) is 14.9 Å². The molecule has 6 nitrogen and oxygen atoms in total. The minimum absolute atomic E-state index is 0. The van der Waals surface area contributed by atoms with Gasteiger partial charge in [-0.25, -0.2) is 9.97 Å². The summed E-state index contributed by atoms with van der Waals surface area (Å²) >= 11 is 0. The molecule has 1 aromatic carbocycles. The number of aromatic nitrogens is 2. The van der Waals surface area contributed by atoms with Crippen LogP contribution >= 0.6 is 24.8 Å². The Morgan fingerprint density at radius 1 is 1.20 bits per heavy atom. The zero-order valence-corrected chi connectivity index (χ0v) is 15.7. The van der Waals surface area contributed by atoms with E-state index < -0.39 is 0 Å². The largest absolute Gasteiger partial charge is 0.341 e. The van der Waals surface area contributed by atoms with Crippen LogP contribution in [0.1, 0.15) is 12.0 Å². The molecule has 1 fully saturated rings. The van der Waals surface area contributed by atoms with Crippen molar-refractivity contribution in [3.05, 3.63) is 42.2 Å². The maximum atomic E-state index is 11.6. The van der Waals surface area contributed by atoms with Gasteiger partial charge in [0.25, 0.3) is 0 Å². The molecule has 136 valence electrons. The second-order valence-corrected chi connectivity index (χ2v) is 5.77. The van der Waals surface area contributed by atoms with Crippen LogP contribution in [0.15, 0.2) is 36.7 Å². The van der Waals surface area contributed by atoms with Gasteiger partial charge in [-0.05, 0) is 23.6 Å². The van der Waals surface area contributed by atoms with E-state index in [1.165, 1.54) is 6.42 Å². The molecule has 1 aromatic heterocycles. The molecule has 0 saturated carbocycles. The Bertz CT molecular complexity index is 692. The third-order valence-electron chi connectivity index (χ3n) is 4.06. The van der Waals surface area contributed by atoms with Crippen LogP contribution in [0, 0.1) is 0 Å². The average Bonchev–Trinajstić information content (AvgIpc) is 2.53. The Hall–Kier alpha value is -1.89. The van der Waals surface area contributed by atoms with E-state index in [1.807, 2.05) is 30.6 Å². The zero-order valence-electron chi connectivity index (χ0n) is 14.1. The van der Waals surface area contributed by atoms with Gasteiger partial charge in [0.2, 0.25) is 11.9 Å². The summed E-state index contributed by atoms with van der Waals surface area (Å²) in [4.78, 5) is 24.3. The molecule has 3 rings (SSSR count). The molecule has 1 amide bonds. The van der Waals surface area contributed by atoms with Crippen LogP contribution in [-0.4, -0.2) is 47.5 Å². The van der Waals surface area contributed by atoms with Gasteiger partial charge in [0.15, 0.2) is 0 Å². The quantitative estimate of drug-likeness (QED) is 0.855. The fraction of sp³-hybridized carbons (Fsp3) is 0.353. The average molecular weight is 384 g/mol. The minimum atomic E-state index is -0.0716. The van der Waals surface area contributed by atoms with Crippen molar-refractivity contribution in [3.8, 4) is 11.1 Å². The Kier molecular flexibility index (Phi) is 8.09.